The summed E-state index contributed by atoms with van der Waals surface area (Å²) >= 11 is 0. The first-order valence-corrected chi connectivity index (χ1v) is 13.6. The van der Waals surface area contributed by atoms with Crippen molar-refractivity contribution in [3.05, 3.63) is 17.5 Å². The average molecular weight is 463 g/mol. The number of nitrogens with zero attached hydrogens (tertiary/aromatic N) is 3. The first-order valence-electron chi connectivity index (χ1n) is 11.7. The highest BCUT2D eigenvalue weighted by Crippen LogP contribution is 2.58. The summed E-state index contributed by atoms with van der Waals surface area (Å²) in [5.41, 5.74) is -0.0375. The number of carbonyl (C=O) groups is 1. The molecule has 4 aliphatic carbocycles. The number of aromatic nitrogens is 2. The largest absolute Gasteiger partial charge is 0.390 e. The van der Waals surface area contributed by atoms with Gasteiger partial charge in [-0.3, -0.25) is 4.79 Å². The van der Waals surface area contributed by atoms with E-state index in [2.05, 4.69) is 10.3 Å². The van der Waals surface area contributed by atoms with Crippen LogP contribution in [0.2, 0.25) is 0 Å². The lowest BCUT2D eigenvalue weighted by Crippen LogP contribution is -2.62. The second kappa shape index (κ2) is 7.13. The molecule has 2 atom stereocenters. The fourth-order valence-corrected chi connectivity index (χ4v) is 8.05. The van der Waals surface area contributed by atoms with E-state index >= 15 is 0 Å². The minimum absolute atomic E-state index is 0.00213. The zero-order valence-electron chi connectivity index (χ0n) is 19.2. The first-order chi connectivity index (χ1) is 14.9. The van der Waals surface area contributed by atoms with E-state index < -0.39 is 15.4 Å². The average Bonchev–Trinajstić information content (AvgIpc) is 2.64. The van der Waals surface area contributed by atoms with Crippen molar-refractivity contribution in [2.24, 2.45) is 11.8 Å². The summed E-state index contributed by atoms with van der Waals surface area (Å²) in [7, 11) is -3.06. The van der Waals surface area contributed by atoms with E-state index in [1.807, 2.05) is 20.8 Å². The van der Waals surface area contributed by atoms with E-state index in [4.69, 9.17) is 4.98 Å². The Morgan fingerprint density at radius 2 is 1.78 bits per heavy atom. The number of hydrogen-bond donors (Lipinski definition) is 2. The molecule has 4 saturated carbocycles. The first kappa shape index (κ1) is 22.1. The van der Waals surface area contributed by atoms with Crippen molar-refractivity contribution in [2.75, 3.05) is 29.9 Å². The highest BCUT2D eigenvalue weighted by Gasteiger charge is 2.57. The van der Waals surface area contributed by atoms with Crippen LogP contribution >= 0.6 is 0 Å². The van der Waals surface area contributed by atoms with Gasteiger partial charge in [0.15, 0.2) is 9.84 Å². The third-order valence-electron chi connectivity index (χ3n) is 7.77. The lowest BCUT2D eigenvalue weighted by atomic mass is 9.51. The molecule has 2 N–H and O–H groups in total. The SMILES string of the molecule is CC(C)(C)c1nc(NC23CC4CC(CC(O)(C4)C2)C3)ncc1C(=O)N1CCS(=O)(=O)CC1. The van der Waals surface area contributed by atoms with Crippen LogP contribution in [0.3, 0.4) is 0 Å². The van der Waals surface area contributed by atoms with E-state index in [1.165, 1.54) is 6.42 Å². The summed E-state index contributed by atoms with van der Waals surface area (Å²) in [6, 6.07) is 0. The maximum atomic E-state index is 13.2. The summed E-state index contributed by atoms with van der Waals surface area (Å²) in [4.78, 5) is 24.2. The fourth-order valence-electron chi connectivity index (χ4n) is 6.85. The molecule has 1 saturated heterocycles. The lowest BCUT2D eigenvalue weighted by Gasteiger charge is -2.60. The molecule has 176 valence electrons. The Morgan fingerprint density at radius 1 is 1.16 bits per heavy atom. The van der Waals surface area contributed by atoms with Gasteiger partial charge in [0.2, 0.25) is 5.95 Å². The minimum atomic E-state index is -3.06. The van der Waals surface area contributed by atoms with Crippen LogP contribution in [0, 0.1) is 11.8 Å². The third kappa shape index (κ3) is 4.02. The maximum absolute atomic E-state index is 13.2. The van der Waals surface area contributed by atoms with Crippen LogP contribution in [-0.4, -0.2) is 70.0 Å². The Bertz CT molecular complexity index is 1020. The van der Waals surface area contributed by atoms with Gasteiger partial charge in [0.1, 0.15) is 0 Å². The quantitative estimate of drug-likeness (QED) is 0.708. The van der Waals surface area contributed by atoms with Gasteiger partial charge in [-0.05, 0) is 50.4 Å². The molecule has 6 rings (SSSR count). The zero-order valence-corrected chi connectivity index (χ0v) is 20.0. The summed E-state index contributed by atoms with van der Waals surface area (Å²) in [5, 5.41) is 14.6. The maximum Gasteiger partial charge on any atom is 0.257 e. The molecule has 2 unspecified atom stereocenters. The van der Waals surface area contributed by atoms with Crippen LogP contribution in [0.5, 0.6) is 0 Å². The molecule has 32 heavy (non-hydrogen) atoms. The molecule has 1 aliphatic heterocycles. The Kier molecular flexibility index (Phi) is 4.92. The van der Waals surface area contributed by atoms with Crippen LogP contribution in [0.25, 0.3) is 0 Å². The normalized spacial score (nSPS) is 35.7. The number of aliphatic hydroxyl groups is 1. The van der Waals surface area contributed by atoms with Crippen molar-refractivity contribution in [3.8, 4) is 0 Å². The summed E-state index contributed by atoms with van der Waals surface area (Å²) in [6.07, 6.45) is 7.39. The predicted octanol–water partition coefficient (Wildman–Crippen LogP) is 2.14. The Labute approximate surface area is 190 Å². The van der Waals surface area contributed by atoms with Crippen molar-refractivity contribution in [1.82, 2.24) is 14.9 Å². The number of sulfone groups is 1. The van der Waals surface area contributed by atoms with Crippen LogP contribution in [0.4, 0.5) is 5.95 Å². The molecule has 5 aliphatic rings. The van der Waals surface area contributed by atoms with E-state index in [1.54, 1.807) is 11.1 Å². The second-order valence-corrected chi connectivity index (χ2v) is 14.0. The van der Waals surface area contributed by atoms with Gasteiger partial charge in [0.05, 0.1) is 28.4 Å². The summed E-state index contributed by atoms with van der Waals surface area (Å²) in [5.74, 6) is 1.40. The number of rotatable bonds is 3. The van der Waals surface area contributed by atoms with Crippen molar-refractivity contribution >= 4 is 21.7 Å². The molecular weight excluding hydrogens is 428 g/mol. The molecule has 2 heterocycles. The Balaban J connectivity index is 1.42. The molecule has 9 heteroatoms. The standard InChI is InChI=1S/C23H34N4O4S/c1-21(2,3)18-17(19(28)27-4-6-32(30,31)7-5-27)13-24-20(25-18)26-22-9-15-8-16(10-22)12-23(29,11-15)14-22/h13,15-16,29H,4-12,14H2,1-3H3,(H,24,25,26). The third-order valence-corrected chi connectivity index (χ3v) is 9.38. The van der Waals surface area contributed by atoms with Crippen LogP contribution in [-0.2, 0) is 15.3 Å². The minimum Gasteiger partial charge on any atom is -0.390 e. The van der Waals surface area contributed by atoms with Crippen molar-refractivity contribution < 1.29 is 18.3 Å². The van der Waals surface area contributed by atoms with E-state index in [-0.39, 0.29) is 41.5 Å². The van der Waals surface area contributed by atoms with Gasteiger partial charge in [0, 0.05) is 30.2 Å². The molecule has 1 aromatic heterocycles. The summed E-state index contributed by atoms with van der Waals surface area (Å²) < 4.78 is 23.5. The van der Waals surface area contributed by atoms with E-state index in [0.29, 0.717) is 29.0 Å². The van der Waals surface area contributed by atoms with Crippen LogP contribution < -0.4 is 5.32 Å². The highest BCUT2D eigenvalue weighted by molar-refractivity contribution is 7.91. The second-order valence-electron chi connectivity index (χ2n) is 11.7. The molecule has 0 spiro atoms. The van der Waals surface area contributed by atoms with Crippen molar-refractivity contribution in [2.45, 2.75) is 75.9 Å². The molecule has 8 nitrogen and oxygen atoms in total. The highest BCUT2D eigenvalue weighted by atomic mass is 32.2. The molecule has 1 aromatic rings. The number of carbonyl (C=O) groups excluding carboxylic acids is 1. The lowest BCUT2D eigenvalue weighted by molar-refractivity contribution is -0.127. The van der Waals surface area contributed by atoms with Gasteiger partial charge in [-0.25, -0.2) is 18.4 Å². The van der Waals surface area contributed by atoms with Gasteiger partial charge in [-0.1, -0.05) is 20.8 Å². The number of amides is 1. The van der Waals surface area contributed by atoms with Crippen LogP contribution in [0.1, 0.15) is 75.3 Å². The number of nitrogens with one attached hydrogen (secondary N) is 1. The molecule has 4 bridgehead atoms. The Hall–Kier alpha value is -1.74. The molecular formula is C23H34N4O4S. The van der Waals surface area contributed by atoms with E-state index in [0.717, 1.165) is 32.1 Å². The van der Waals surface area contributed by atoms with Crippen molar-refractivity contribution in [1.29, 1.82) is 0 Å². The molecule has 0 radical (unpaired) electrons. The van der Waals surface area contributed by atoms with E-state index in [9.17, 15) is 18.3 Å². The van der Waals surface area contributed by atoms with Gasteiger partial charge in [-0.15, -0.1) is 0 Å². The van der Waals surface area contributed by atoms with Gasteiger partial charge >= 0.3 is 0 Å². The predicted molar refractivity (Wildman–Crippen MR) is 121 cm³/mol. The van der Waals surface area contributed by atoms with Gasteiger partial charge < -0.3 is 15.3 Å². The summed E-state index contributed by atoms with van der Waals surface area (Å²) in [6.45, 7) is 6.46. The van der Waals surface area contributed by atoms with Crippen LogP contribution in [0.15, 0.2) is 6.20 Å². The van der Waals surface area contributed by atoms with Crippen molar-refractivity contribution in [3.63, 3.8) is 0 Å². The monoisotopic (exact) mass is 462 g/mol. The molecule has 1 amide bonds. The van der Waals surface area contributed by atoms with Gasteiger partial charge in [-0.2, -0.15) is 0 Å². The Morgan fingerprint density at radius 3 is 2.34 bits per heavy atom. The number of hydrogen-bond acceptors (Lipinski definition) is 7. The zero-order chi connectivity index (χ0) is 22.9. The smallest absolute Gasteiger partial charge is 0.257 e. The fraction of sp³-hybridized carbons (Fsp3) is 0.783. The number of anilines is 1. The van der Waals surface area contributed by atoms with Gasteiger partial charge in [0.25, 0.3) is 5.91 Å². The molecule has 5 fully saturated rings. The molecule has 0 aromatic carbocycles. The topological polar surface area (TPSA) is 112 Å².